The van der Waals surface area contributed by atoms with Gasteiger partial charge in [0.05, 0.1) is 5.60 Å². The smallest absolute Gasteiger partial charge is 0.0825 e. The average molecular weight is 115 g/mol. The standard InChI is InChI=1S/C6H13NO/c1-4-3-6(4,8)5(2)7/h4-5,8H,3,7H2,1-2H3. The minimum Gasteiger partial charge on any atom is -0.388 e. The molecule has 0 saturated heterocycles. The zero-order valence-electron chi connectivity index (χ0n) is 5.39. The van der Waals surface area contributed by atoms with Gasteiger partial charge in [-0.05, 0) is 19.3 Å². The third-order valence-corrected chi connectivity index (χ3v) is 2.11. The van der Waals surface area contributed by atoms with Gasteiger partial charge >= 0.3 is 0 Å². The van der Waals surface area contributed by atoms with Crippen LogP contribution < -0.4 is 5.73 Å². The Morgan fingerprint density at radius 3 is 2.25 bits per heavy atom. The van der Waals surface area contributed by atoms with E-state index in [4.69, 9.17) is 5.73 Å². The maximum absolute atomic E-state index is 9.35. The van der Waals surface area contributed by atoms with Crippen LogP contribution in [-0.4, -0.2) is 16.7 Å². The summed E-state index contributed by atoms with van der Waals surface area (Å²) in [5.41, 5.74) is 4.96. The lowest BCUT2D eigenvalue weighted by Crippen LogP contribution is -2.34. The lowest BCUT2D eigenvalue weighted by atomic mass is 10.1. The molecule has 1 rings (SSSR count). The SMILES string of the molecule is CC(N)C1(O)CC1C. The molecule has 2 heteroatoms. The molecule has 3 atom stereocenters. The van der Waals surface area contributed by atoms with Crippen molar-refractivity contribution in [2.75, 3.05) is 0 Å². The molecular formula is C6H13NO. The van der Waals surface area contributed by atoms with Crippen molar-refractivity contribution < 1.29 is 5.11 Å². The van der Waals surface area contributed by atoms with Gasteiger partial charge in [0.1, 0.15) is 0 Å². The summed E-state index contributed by atoms with van der Waals surface area (Å²) in [6.45, 7) is 3.87. The van der Waals surface area contributed by atoms with Crippen LogP contribution in [0.3, 0.4) is 0 Å². The van der Waals surface area contributed by atoms with E-state index in [0.717, 1.165) is 6.42 Å². The first kappa shape index (κ1) is 6.05. The van der Waals surface area contributed by atoms with Crippen LogP contribution in [0.2, 0.25) is 0 Å². The van der Waals surface area contributed by atoms with Gasteiger partial charge in [0.15, 0.2) is 0 Å². The van der Waals surface area contributed by atoms with Crippen molar-refractivity contribution in [1.29, 1.82) is 0 Å². The normalized spacial score (nSPS) is 48.8. The molecule has 1 aliphatic carbocycles. The van der Waals surface area contributed by atoms with Crippen LogP contribution >= 0.6 is 0 Å². The second-order valence-electron chi connectivity index (χ2n) is 2.89. The van der Waals surface area contributed by atoms with Crippen molar-refractivity contribution in [2.45, 2.75) is 31.9 Å². The van der Waals surface area contributed by atoms with E-state index in [2.05, 4.69) is 0 Å². The summed E-state index contributed by atoms with van der Waals surface area (Å²) in [6, 6.07) is -0.0579. The maximum atomic E-state index is 9.35. The second-order valence-corrected chi connectivity index (χ2v) is 2.89. The molecule has 1 fully saturated rings. The van der Waals surface area contributed by atoms with Gasteiger partial charge in [0.2, 0.25) is 0 Å². The predicted molar refractivity (Wildman–Crippen MR) is 32.4 cm³/mol. The minimum absolute atomic E-state index is 0.0579. The van der Waals surface area contributed by atoms with E-state index in [1.807, 2.05) is 13.8 Å². The van der Waals surface area contributed by atoms with E-state index < -0.39 is 5.60 Å². The molecule has 3 N–H and O–H groups in total. The summed E-state index contributed by atoms with van der Waals surface area (Å²) >= 11 is 0. The van der Waals surface area contributed by atoms with Crippen LogP contribution in [0.1, 0.15) is 20.3 Å². The summed E-state index contributed by atoms with van der Waals surface area (Å²) in [5, 5.41) is 9.35. The highest BCUT2D eigenvalue weighted by Crippen LogP contribution is 2.44. The summed E-state index contributed by atoms with van der Waals surface area (Å²) in [4.78, 5) is 0. The molecule has 48 valence electrons. The Bertz CT molecular complexity index is 103. The Hall–Kier alpha value is -0.0800. The first-order chi connectivity index (χ1) is 3.57. The highest BCUT2D eigenvalue weighted by atomic mass is 16.3. The number of nitrogens with two attached hydrogens (primary N) is 1. The average Bonchev–Trinajstić information content (AvgIpc) is 2.17. The summed E-state index contributed by atoms with van der Waals surface area (Å²) in [7, 11) is 0. The molecule has 0 aliphatic heterocycles. The third-order valence-electron chi connectivity index (χ3n) is 2.11. The molecule has 0 spiro atoms. The fourth-order valence-electron chi connectivity index (χ4n) is 1.07. The molecule has 0 aromatic carbocycles. The lowest BCUT2D eigenvalue weighted by Gasteiger charge is -2.12. The zero-order valence-corrected chi connectivity index (χ0v) is 5.39. The lowest BCUT2D eigenvalue weighted by molar-refractivity contribution is 0.111. The molecular weight excluding hydrogens is 102 g/mol. The van der Waals surface area contributed by atoms with E-state index in [1.165, 1.54) is 0 Å². The minimum atomic E-state index is -0.514. The van der Waals surface area contributed by atoms with Crippen LogP contribution in [0.15, 0.2) is 0 Å². The fraction of sp³-hybridized carbons (Fsp3) is 1.00. The molecule has 0 aromatic heterocycles. The van der Waals surface area contributed by atoms with E-state index in [9.17, 15) is 5.11 Å². The molecule has 0 amide bonds. The van der Waals surface area contributed by atoms with Crippen molar-refractivity contribution in [3.05, 3.63) is 0 Å². The van der Waals surface area contributed by atoms with Crippen molar-refractivity contribution in [3.8, 4) is 0 Å². The molecule has 1 saturated carbocycles. The van der Waals surface area contributed by atoms with Crippen LogP contribution in [0.4, 0.5) is 0 Å². The van der Waals surface area contributed by atoms with Gasteiger partial charge in [-0.1, -0.05) is 6.92 Å². The largest absolute Gasteiger partial charge is 0.388 e. The van der Waals surface area contributed by atoms with Gasteiger partial charge < -0.3 is 10.8 Å². The quantitative estimate of drug-likeness (QED) is 0.509. The molecule has 1 aliphatic rings. The molecule has 0 bridgehead atoms. The van der Waals surface area contributed by atoms with Crippen molar-refractivity contribution in [1.82, 2.24) is 0 Å². The second kappa shape index (κ2) is 1.45. The fourth-order valence-corrected chi connectivity index (χ4v) is 1.07. The molecule has 0 heterocycles. The van der Waals surface area contributed by atoms with Gasteiger partial charge in [0, 0.05) is 6.04 Å². The Labute approximate surface area is 49.7 Å². The molecule has 8 heavy (non-hydrogen) atoms. The van der Waals surface area contributed by atoms with Gasteiger partial charge in [-0.25, -0.2) is 0 Å². The summed E-state index contributed by atoms with van der Waals surface area (Å²) in [6.07, 6.45) is 0.880. The Balaban J connectivity index is 2.47. The Morgan fingerprint density at radius 1 is 1.88 bits per heavy atom. The molecule has 0 aromatic rings. The van der Waals surface area contributed by atoms with Gasteiger partial charge in [-0.3, -0.25) is 0 Å². The molecule has 3 unspecified atom stereocenters. The molecule has 0 radical (unpaired) electrons. The van der Waals surface area contributed by atoms with Gasteiger partial charge in [-0.2, -0.15) is 0 Å². The first-order valence-electron chi connectivity index (χ1n) is 3.05. The highest BCUT2D eigenvalue weighted by molar-refractivity contribution is 5.06. The van der Waals surface area contributed by atoms with Gasteiger partial charge in [-0.15, -0.1) is 0 Å². The van der Waals surface area contributed by atoms with Crippen LogP contribution in [0.5, 0.6) is 0 Å². The van der Waals surface area contributed by atoms with E-state index in [0.29, 0.717) is 5.92 Å². The number of rotatable bonds is 1. The Morgan fingerprint density at radius 2 is 2.25 bits per heavy atom. The monoisotopic (exact) mass is 115 g/mol. The number of hydrogen-bond donors (Lipinski definition) is 2. The van der Waals surface area contributed by atoms with Crippen molar-refractivity contribution in [2.24, 2.45) is 11.7 Å². The maximum Gasteiger partial charge on any atom is 0.0825 e. The zero-order chi connectivity index (χ0) is 6.36. The summed E-state index contributed by atoms with van der Waals surface area (Å²) in [5.74, 6) is 0.419. The third kappa shape index (κ3) is 0.644. The molecule has 2 nitrogen and oxygen atoms in total. The van der Waals surface area contributed by atoms with Crippen LogP contribution in [0.25, 0.3) is 0 Å². The van der Waals surface area contributed by atoms with Gasteiger partial charge in [0.25, 0.3) is 0 Å². The number of hydrogen-bond acceptors (Lipinski definition) is 2. The Kier molecular flexibility index (Phi) is 1.10. The topological polar surface area (TPSA) is 46.2 Å². The number of aliphatic hydroxyl groups is 1. The van der Waals surface area contributed by atoms with Crippen molar-refractivity contribution in [3.63, 3.8) is 0 Å². The van der Waals surface area contributed by atoms with Crippen molar-refractivity contribution >= 4 is 0 Å². The van der Waals surface area contributed by atoms with E-state index in [1.54, 1.807) is 0 Å². The predicted octanol–water partition coefficient (Wildman–Crippen LogP) is 0.104. The first-order valence-corrected chi connectivity index (χ1v) is 3.05. The summed E-state index contributed by atoms with van der Waals surface area (Å²) < 4.78 is 0. The van der Waals surface area contributed by atoms with Crippen LogP contribution in [-0.2, 0) is 0 Å². The van der Waals surface area contributed by atoms with Crippen LogP contribution in [0, 0.1) is 5.92 Å². The van der Waals surface area contributed by atoms with E-state index >= 15 is 0 Å². The highest BCUT2D eigenvalue weighted by Gasteiger charge is 2.52. The van der Waals surface area contributed by atoms with E-state index in [-0.39, 0.29) is 6.04 Å².